The Morgan fingerprint density at radius 1 is 1.21 bits per heavy atom. The Labute approximate surface area is 197 Å². The van der Waals surface area contributed by atoms with E-state index in [2.05, 4.69) is 32.5 Å². The lowest BCUT2D eigenvalue weighted by atomic mass is 10.1. The summed E-state index contributed by atoms with van der Waals surface area (Å²) in [5, 5.41) is 6.06. The Kier molecular flexibility index (Phi) is 6.27. The molecule has 2 aliphatic heterocycles. The molecule has 2 N–H and O–H groups in total. The molecule has 8 nitrogen and oxygen atoms in total. The van der Waals surface area contributed by atoms with Gasteiger partial charge in [-0.1, -0.05) is 6.07 Å². The predicted octanol–water partition coefficient (Wildman–Crippen LogP) is 3.97. The van der Waals surface area contributed by atoms with Crippen LogP contribution in [0.2, 0.25) is 0 Å². The number of amides is 1. The molecule has 34 heavy (non-hydrogen) atoms. The number of nitrogens with zero attached hydrogens (tertiary/aromatic N) is 3. The van der Waals surface area contributed by atoms with Gasteiger partial charge in [-0.3, -0.25) is 4.79 Å². The molecule has 1 fully saturated rings. The van der Waals surface area contributed by atoms with Crippen molar-refractivity contribution in [1.29, 1.82) is 0 Å². The van der Waals surface area contributed by atoms with E-state index in [1.165, 1.54) is 24.8 Å². The number of hydrogen-bond acceptors (Lipinski definition) is 7. The van der Waals surface area contributed by atoms with Gasteiger partial charge in [0.1, 0.15) is 17.2 Å². The SMILES string of the molecule is CN1CCC[C@H]1CCNC(=O)c1cnc(-c2ccc3c(c2)OCO3)nc1Nc1cccc(F)c1. The van der Waals surface area contributed by atoms with Crippen molar-refractivity contribution < 1.29 is 18.7 Å². The Balaban J connectivity index is 1.39. The van der Waals surface area contributed by atoms with Crippen molar-refractivity contribution >= 4 is 17.4 Å². The molecule has 3 aromatic rings. The molecule has 1 aromatic heterocycles. The first kappa shape index (κ1) is 22.1. The number of rotatable bonds is 7. The molecule has 1 saturated heterocycles. The first-order valence-corrected chi connectivity index (χ1v) is 11.3. The molecular formula is C25H26FN5O3. The van der Waals surface area contributed by atoms with Gasteiger partial charge in [0.15, 0.2) is 17.3 Å². The fraction of sp³-hybridized carbons (Fsp3) is 0.320. The van der Waals surface area contributed by atoms with E-state index in [1.54, 1.807) is 24.3 Å². The summed E-state index contributed by atoms with van der Waals surface area (Å²) in [7, 11) is 2.11. The van der Waals surface area contributed by atoms with Crippen LogP contribution in [0.1, 0.15) is 29.6 Å². The second kappa shape index (κ2) is 9.64. The number of aromatic nitrogens is 2. The van der Waals surface area contributed by atoms with Crippen molar-refractivity contribution in [3.8, 4) is 22.9 Å². The Morgan fingerprint density at radius 3 is 2.91 bits per heavy atom. The highest BCUT2D eigenvalue weighted by Gasteiger charge is 2.22. The van der Waals surface area contributed by atoms with Crippen molar-refractivity contribution in [2.24, 2.45) is 0 Å². The lowest BCUT2D eigenvalue weighted by molar-refractivity contribution is 0.0950. The summed E-state index contributed by atoms with van der Waals surface area (Å²) in [6.07, 6.45) is 4.70. The van der Waals surface area contributed by atoms with E-state index >= 15 is 0 Å². The van der Waals surface area contributed by atoms with Crippen molar-refractivity contribution in [3.05, 3.63) is 60.0 Å². The molecule has 2 aromatic carbocycles. The smallest absolute Gasteiger partial charge is 0.256 e. The molecule has 0 aliphatic carbocycles. The third kappa shape index (κ3) is 4.79. The van der Waals surface area contributed by atoms with Crippen LogP contribution in [-0.4, -0.2) is 53.7 Å². The van der Waals surface area contributed by atoms with Gasteiger partial charge < -0.3 is 25.0 Å². The van der Waals surface area contributed by atoms with Crippen LogP contribution in [0.15, 0.2) is 48.7 Å². The molecule has 0 radical (unpaired) electrons. The molecular weight excluding hydrogens is 437 g/mol. The molecule has 1 amide bonds. The van der Waals surface area contributed by atoms with Crippen molar-refractivity contribution in [3.63, 3.8) is 0 Å². The van der Waals surface area contributed by atoms with Crippen LogP contribution < -0.4 is 20.1 Å². The zero-order valence-corrected chi connectivity index (χ0v) is 18.9. The molecule has 0 unspecified atom stereocenters. The molecule has 0 bridgehead atoms. The van der Waals surface area contributed by atoms with Gasteiger partial charge in [-0.2, -0.15) is 0 Å². The van der Waals surface area contributed by atoms with Crippen LogP contribution >= 0.6 is 0 Å². The summed E-state index contributed by atoms with van der Waals surface area (Å²) >= 11 is 0. The summed E-state index contributed by atoms with van der Waals surface area (Å²) in [4.78, 5) is 24.4. The third-order valence-corrected chi connectivity index (χ3v) is 6.19. The van der Waals surface area contributed by atoms with Gasteiger partial charge in [0.25, 0.3) is 5.91 Å². The predicted molar refractivity (Wildman–Crippen MR) is 126 cm³/mol. The van der Waals surface area contributed by atoms with Gasteiger partial charge in [-0.15, -0.1) is 0 Å². The van der Waals surface area contributed by atoms with E-state index < -0.39 is 0 Å². The number of hydrogen-bond donors (Lipinski definition) is 2. The number of fused-ring (bicyclic) bond motifs is 1. The van der Waals surface area contributed by atoms with Crippen LogP contribution in [0, 0.1) is 5.82 Å². The van der Waals surface area contributed by atoms with Crippen molar-refractivity contribution in [2.45, 2.75) is 25.3 Å². The molecule has 9 heteroatoms. The second-order valence-corrected chi connectivity index (χ2v) is 8.48. The van der Waals surface area contributed by atoms with E-state index in [9.17, 15) is 9.18 Å². The van der Waals surface area contributed by atoms with Crippen molar-refractivity contribution in [1.82, 2.24) is 20.2 Å². The third-order valence-electron chi connectivity index (χ3n) is 6.19. The van der Waals surface area contributed by atoms with Crippen LogP contribution in [0.3, 0.4) is 0 Å². The Morgan fingerprint density at radius 2 is 2.09 bits per heavy atom. The largest absolute Gasteiger partial charge is 0.454 e. The molecule has 0 saturated carbocycles. The minimum absolute atomic E-state index is 0.168. The maximum Gasteiger partial charge on any atom is 0.256 e. The van der Waals surface area contributed by atoms with Crippen LogP contribution in [-0.2, 0) is 0 Å². The van der Waals surface area contributed by atoms with Crippen molar-refractivity contribution in [2.75, 3.05) is 32.2 Å². The summed E-state index contributed by atoms with van der Waals surface area (Å²) in [6, 6.07) is 11.9. The topological polar surface area (TPSA) is 88.6 Å². The standard InChI is InChI=1S/C25H26FN5O3/c1-31-11-3-6-19(31)9-10-27-25(32)20-14-28-23(16-7-8-21-22(12-16)34-15-33-21)30-24(20)29-18-5-2-4-17(26)13-18/h2,4-5,7-8,12-14,19H,3,6,9-11,15H2,1H3,(H,27,32)(H,28,29,30)/t19-/m0/s1. The average molecular weight is 464 g/mol. The van der Waals surface area contributed by atoms with Crippen LogP contribution in [0.25, 0.3) is 11.4 Å². The van der Waals surface area contributed by atoms with E-state index in [1.807, 2.05) is 6.07 Å². The summed E-state index contributed by atoms with van der Waals surface area (Å²) in [6.45, 7) is 1.81. The van der Waals surface area contributed by atoms with E-state index in [0.717, 1.165) is 19.4 Å². The summed E-state index contributed by atoms with van der Waals surface area (Å²) < 4.78 is 24.6. The zero-order chi connectivity index (χ0) is 23.5. The lowest BCUT2D eigenvalue weighted by Gasteiger charge is -2.19. The Bertz CT molecular complexity index is 1200. The monoisotopic (exact) mass is 463 g/mol. The number of ether oxygens (including phenoxy) is 2. The normalized spacial score (nSPS) is 17.1. The fourth-order valence-electron chi connectivity index (χ4n) is 4.31. The lowest BCUT2D eigenvalue weighted by Crippen LogP contribution is -2.32. The molecule has 3 heterocycles. The number of carbonyl (C=O) groups excluding carboxylic acids is 1. The quantitative estimate of drug-likeness (QED) is 0.548. The van der Waals surface area contributed by atoms with Gasteiger partial charge in [0.05, 0.1) is 0 Å². The number of likely N-dealkylation sites (tertiary alicyclic amines) is 1. The number of benzene rings is 2. The highest BCUT2D eigenvalue weighted by Crippen LogP contribution is 2.35. The molecule has 2 aliphatic rings. The maximum absolute atomic E-state index is 13.8. The minimum Gasteiger partial charge on any atom is -0.454 e. The van der Waals surface area contributed by atoms with Gasteiger partial charge >= 0.3 is 0 Å². The fourth-order valence-corrected chi connectivity index (χ4v) is 4.31. The highest BCUT2D eigenvalue weighted by molar-refractivity contribution is 5.99. The van der Waals surface area contributed by atoms with E-state index in [-0.39, 0.29) is 24.1 Å². The molecule has 5 rings (SSSR count). The number of carbonyl (C=O) groups is 1. The second-order valence-electron chi connectivity index (χ2n) is 8.48. The Hall–Kier alpha value is -3.72. The van der Waals surface area contributed by atoms with E-state index in [0.29, 0.717) is 47.0 Å². The maximum atomic E-state index is 13.8. The molecule has 0 spiro atoms. The zero-order valence-electron chi connectivity index (χ0n) is 18.9. The first-order valence-electron chi connectivity index (χ1n) is 11.3. The minimum atomic E-state index is -0.387. The first-order chi connectivity index (χ1) is 16.6. The number of halogens is 1. The van der Waals surface area contributed by atoms with Gasteiger partial charge in [0.2, 0.25) is 6.79 Å². The molecule has 1 atom stereocenters. The highest BCUT2D eigenvalue weighted by atomic mass is 19.1. The van der Waals surface area contributed by atoms with Gasteiger partial charge in [0, 0.05) is 30.0 Å². The van der Waals surface area contributed by atoms with Crippen LogP contribution in [0.4, 0.5) is 15.9 Å². The average Bonchev–Trinajstić information content (AvgIpc) is 3.47. The van der Waals surface area contributed by atoms with E-state index in [4.69, 9.17) is 9.47 Å². The van der Waals surface area contributed by atoms with Crippen LogP contribution in [0.5, 0.6) is 11.5 Å². The molecule has 176 valence electrons. The van der Waals surface area contributed by atoms with Gasteiger partial charge in [-0.05, 0) is 69.3 Å². The van der Waals surface area contributed by atoms with Gasteiger partial charge in [-0.25, -0.2) is 14.4 Å². The number of nitrogens with one attached hydrogen (secondary N) is 2. The summed E-state index contributed by atoms with van der Waals surface area (Å²) in [5.41, 5.74) is 1.48. The number of anilines is 2. The summed E-state index contributed by atoms with van der Waals surface area (Å²) in [5.74, 6) is 1.30.